The number of aromatic nitrogens is 1. The number of hydrogen-bond acceptors (Lipinski definition) is 1. The molecule has 1 rings (SSSR count). The van der Waals surface area contributed by atoms with Gasteiger partial charge in [0.2, 0.25) is 0 Å². The van der Waals surface area contributed by atoms with Crippen LogP contribution < -0.4 is 0 Å². The molecule has 0 aromatic carbocycles. The summed E-state index contributed by atoms with van der Waals surface area (Å²) in [5.74, 6) is 0. The van der Waals surface area contributed by atoms with Gasteiger partial charge in [0.05, 0.1) is 0 Å². The Hall–Kier alpha value is 0.699. The van der Waals surface area contributed by atoms with Gasteiger partial charge in [0.1, 0.15) is 0 Å². The Balaban J connectivity index is 2.62. The van der Waals surface area contributed by atoms with Gasteiger partial charge >= 0.3 is 86.3 Å². The van der Waals surface area contributed by atoms with Gasteiger partial charge in [-0.1, -0.05) is 0 Å². The van der Waals surface area contributed by atoms with E-state index in [0.29, 0.717) is 0 Å². The summed E-state index contributed by atoms with van der Waals surface area (Å²) in [4.78, 5) is 4.25. The summed E-state index contributed by atoms with van der Waals surface area (Å²) in [6, 6.07) is 0. The second-order valence-electron chi connectivity index (χ2n) is 2.29. The molecule has 0 saturated carbocycles. The van der Waals surface area contributed by atoms with Crippen LogP contribution in [0.4, 0.5) is 0 Å². The third-order valence-electron chi connectivity index (χ3n) is 1.39. The minimum absolute atomic E-state index is 0.268. The topological polar surface area (TPSA) is 12.9 Å². The summed E-state index contributed by atoms with van der Waals surface area (Å²) in [7, 11) is 0. The average molecular weight is 301 g/mol. The molecule has 62 valence electrons. The van der Waals surface area contributed by atoms with Crippen LogP contribution in [0.5, 0.6) is 0 Å². The van der Waals surface area contributed by atoms with Crippen molar-refractivity contribution >= 4 is 42.0 Å². The fourth-order valence-electron chi connectivity index (χ4n) is 0.804. The maximum atomic E-state index is 5.79. The van der Waals surface area contributed by atoms with Gasteiger partial charge in [0.15, 0.2) is 0 Å². The molecule has 0 aliphatic heterocycles. The molecule has 1 aromatic rings. The monoisotopic (exact) mass is 301 g/mol. The molecule has 1 nitrogen and oxygen atoms in total. The number of nitrogens with zero attached hydrogens (tertiary/aromatic N) is 1. The van der Waals surface area contributed by atoms with Crippen molar-refractivity contribution in [2.75, 3.05) is 0 Å². The van der Waals surface area contributed by atoms with E-state index in [1.807, 2.05) is 0 Å². The van der Waals surface area contributed by atoms with Crippen LogP contribution in [0.25, 0.3) is 0 Å². The van der Waals surface area contributed by atoms with Crippen molar-refractivity contribution in [2.45, 2.75) is 26.2 Å². The zero-order valence-electron chi connectivity index (χ0n) is 6.23. The molecule has 0 spiro atoms. The van der Waals surface area contributed by atoms with Crippen LogP contribution in [-0.2, 0) is 6.42 Å². The summed E-state index contributed by atoms with van der Waals surface area (Å²) >= 11 is 9.54. The van der Waals surface area contributed by atoms with E-state index in [2.05, 4.69) is 27.8 Å². The number of rotatable bonds is 3. The standard InChI is InChI=1S/C7H9BrClNSe/c1-2-3-4-5-6(8)11-7(9)10-5/h2-4H2,1H3. The van der Waals surface area contributed by atoms with Crippen molar-refractivity contribution < 1.29 is 0 Å². The summed E-state index contributed by atoms with van der Waals surface area (Å²) in [5.41, 5.74) is 1.16. The van der Waals surface area contributed by atoms with Crippen LogP contribution in [0.2, 0.25) is 4.03 Å². The first-order valence-corrected chi connectivity index (χ1v) is 6.43. The summed E-state index contributed by atoms with van der Waals surface area (Å²) < 4.78 is 2.00. The van der Waals surface area contributed by atoms with Gasteiger partial charge < -0.3 is 0 Å². The summed E-state index contributed by atoms with van der Waals surface area (Å²) in [6.07, 6.45) is 3.48. The van der Waals surface area contributed by atoms with E-state index in [1.54, 1.807) is 0 Å². The number of aryl methyl sites for hydroxylation is 1. The Labute approximate surface area is 86.0 Å². The maximum absolute atomic E-state index is 5.79. The van der Waals surface area contributed by atoms with Crippen molar-refractivity contribution in [1.29, 1.82) is 0 Å². The molecule has 4 heteroatoms. The molecule has 0 unspecified atom stereocenters. The quantitative estimate of drug-likeness (QED) is 0.782. The third-order valence-corrected chi connectivity index (χ3v) is 4.59. The molecular formula is C7H9BrClNSe. The molecule has 11 heavy (non-hydrogen) atoms. The van der Waals surface area contributed by atoms with Crippen molar-refractivity contribution in [1.82, 2.24) is 4.98 Å². The third kappa shape index (κ3) is 2.90. The molecule has 0 saturated heterocycles. The van der Waals surface area contributed by atoms with Gasteiger partial charge in [-0.3, -0.25) is 0 Å². The second kappa shape index (κ2) is 4.66. The van der Waals surface area contributed by atoms with Gasteiger partial charge in [-0.25, -0.2) is 0 Å². The zero-order chi connectivity index (χ0) is 8.27. The molecule has 0 radical (unpaired) electrons. The van der Waals surface area contributed by atoms with E-state index in [0.717, 1.165) is 16.1 Å². The number of halogens is 2. The first-order valence-electron chi connectivity index (χ1n) is 3.54. The van der Waals surface area contributed by atoms with Crippen LogP contribution in [-0.4, -0.2) is 19.5 Å². The fourth-order valence-corrected chi connectivity index (χ4v) is 4.07. The van der Waals surface area contributed by atoms with E-state index in [-0.39, 0.29) is 14.5 Å². The van der Waals surface area contributed by atoms with Crippen molar-refractivity contribution in [2.24, 2.45) is 0 Å². The van der Waals surface area contributed by atoms with E-state index in [4.69, 9.17) is 11.6 Å². The Morgan fingerprint density at radius 1 is 1.64 bits per heavy atom. The van der Waals surface area contributed by atoms with Crippen LogP contribution >= 0.6 is 27.5 Å². The van der Waals surface area contributed by atoms with Crippen LogP contribution in [0.3, 0.4) is 0 Å². The first-order chi connectivity index (χ1) is 5.24. The van der Waals surface area contributed by atoms with Gasteiger partial charge in [0.25, 0.3) is 0 Å². The molecule has 0 amide bonds. The van der Waals surface area contributed by atoms with Crippen molar-refractivity contribution in [3.8, 4) is 0 Å². The predicted molar refractivity (Wildman–Crippen MR) is 52.5 cm³/mol. The molecular weight excluding hydrogens is 292 g/mol. The van der Waals surface area contributed by atoms with Crippen LogP contribution in [0.1, 0.15) is 25.5 Å². The van der Waals surface area contributed by atoms with Crippen molar-refractivity contribution in [3.63, 3.8) is 0 Å². The normalized spacial score (nSPS) is 10.5. The molecule has 0 aliphatic carbocycles. The molecule has 1 aromatic heterocycles. The minimum atomic E-state index is 0.268. The fraction of sp³-hybridized carbons (Fsp3) is 0.571. The van der Waals surface area contributed by atoms with Gasteiger partial charge in [0, 0.05) is 0 Å². The van der Waals surface area contributed by atoms with E-state index < -0.39 is 0 Å². The average Bonchev–Trinajstić information content (AvgIpc) is 2.26. The molecule has 1 heterocycles. The van der Waals surface area contributed by atoms with Crippen LogP contribution in [0.15, 0.2) is 3.35 Å². The molecule has 0 bridgehead atoms. The predicted octanol–water partition coefficient (Wildman–Crippen LogP) is 2.90. The summed E-state index contributed by atoms with van der Waals surface area (Å²) in [6.45, 7) is 2.18. The van der Waals surface area contributed by atoms with Crippen LogP contribution in [0, 0.1) is 0 Å². The Morgan fingerprint density at radius 3 is 2.82 bits per heavy atom. The van der Waals surface area contributed by atoms with Crippen molar-refractivity contribution in [3.05, 3.63) is 13.1 Å². The van der Waals surface area contributed by atoms with Gasteiger partial charge in [-0.05, 0) is 0 Å². The number of hydrogen-bond donors (Lipinski definition) is 0. The molecule has 0 N–H and O–H groups in total. The second-order valence-corrected chi connectivity index (χ2v) is 7.23. The molecule has 0 aliphatic rings. The van der Waals surface area contributed by atoms with E-state index >= 15 is 0 Å². The first kappa shape index (κ1) is 9.78. The van der Waals surface area contributed by atoms with Gasteiger partial charge in [-0.2, -0.15) is 0 Å². The SMILES string of the molecule is CCCCc1nc(Cl)[se]c1Br. The van der Waals surface area contributed by atoms with E-state index in [1.165, 1.54) is 16.2 Å². The van der Waals surface area contributed by atoms with Gasteiger partial charge in [-0.15, -0.1) is 0 Å². The molecule has 0 fully saturated rings. The summed E-state index contributed by atoms with van der Waals surface area (Å²) in [5, 5.41) is 0. The number of unbranched alkanes of at least 4 members (excludes halogenated alkanes) is 1. The Bertz CT molecular complexity index is 236. The zero-order valence-corrected chi connectivity index (χ0v) is 10.3. The molecule has 0 atom stereocenters. The Morgan fingerprint density at radius 2 is 2.36 bits per heavy atom. The van der Waals surface area contributed by atoms with E-state index in [9.17, 15) is 0 Å². The Kier molecular flexibility index (Phi) is 4.14.